The number of carbonyl (C=O) groups excluding carboxylic acids is 4. The van der Waals surface area contributed by atoms with Gasteiger partial charge in [-0.3, -0.25) is 28.8 Å². The van der Waals surface area contributed by atoms with E-state index in [-0.39, 0.29) is 43.9 Å². The lowest BCUT2D eigenvalue weighted by atomic mass is 9.83. The van der Waals surface area contributed by atoms with Crippen LogP contribution in [0.25, 0.3) is 0 Å². The number of hydrogen-bond donors (Lipinski definition) is 7. The van der Waals surface area contributed by atoms with Crippen molar-refractivity contribution in [2.75, 3.05) is 0 Å². The van der Waals surface area contributed by atoms with Gasteiger partial charge in [-0.15, -0.1) is 0 Å². The van der Waals surface area contributed by atoms with Crippen LogP contribution in [0.4, 0.5) is 0 Å². The lowest BCUT2D eigenvalue weighted by molar-refractivity contribution is -0.143. The Kier molecular flexibility index (Phi) is 12.5. The standard InChI is InChI=1S/C27H42N4O10/c1-15(2)14-18(24(38)31-27(12-13-27)26(40)41)29-23(37)17(8-10-20(33)34)28-25(39)22(16-6-4-3-5-7-16)30-19(32)9-11-21(35)36/h15-18,22H,3-14H2,1-2H3,(H,28,39)(H,29,37)(H,30,32)(H,31,38)(H,33,34)(H,35,36)(H,40,41)/t17-,18-,22-/m0/s1. The maximum atomic E-state index is 13.4. The van der Waals surface area contributed by atoms with Crippen molar-refractivity contribution in [1.29, 1.82) is 0 Å². The first-order chi connectivity index (χ1) is 19.2. The average Bonchev–Trinajstić information content (AvgIpc) is 3.68. The minimum atomic E-state index is -1.37. The zero-order valence-electron chi connectivity index (χ0n) is 23.6. The lowest BCUT2D eigenvalue weighted by Crippen LogP contribution is -2.59. The smallest absolute Gasteiger partial charge is 0.329 e. The molecule has 0 aliphatic heterocycles. The van der Waals surface area contributed by atoms with Crippen molar-refractivity contribution in [2.45, 2.75) is 115 Å². The highest BCUT2D eigenvalue weighted by Gasteiger charge is 2.52. The van der Waals surface area contributed by atoms with Crippen LogP contribution in [0.3, 0.4) is 0 Å². The van der Waals surface area contributed by atoms with Gasteiger partial charge in [-0.25, -0.2) is 4.79 Å². The van der Waals surface area contributed by atoms with Gasteiger partial charge in [0.25, 0.3) is 0 Å². The van der Waals surface area contributed by atoms with Gasteiger partial charge in [0.1, 0.15) is 23.7 Å². The van der Waals surface area contributed by atoms with Crippen LogP contribution < -0.4 is 21.3 Å². The number of carbonyl (C=O) groups is 7. The van der Waals surface area contributed by atoms with E-state index in [2.05, 4.69) is 21.3 Å². The van der Waals surface area contributed by atoms with E-state index < -0.39 is 78.0 Å². The summed E-state index contributed by atoms with van der Waals surface area (Å²) in [5.74, 6) is -6.74. The van der Waals surface area contributed by atoms with E-state index in [9.17, 15) is 43.8 Å². The third-order valence-corrected chi connectivity index (χ3v) is 7.43. The fraction of sp³-hybridized carbons (Fsp3) is 0.741. The summed E-state index contributed by atoms with van der Waals surface area (Å²) in [4.78, 5) is 85.9. The Labute approximate surface area is 238 Å². The van der Waals surface area contributed by atoms with Crippen LogP contribution in [-0.4, -0.2) is 80.5 Å². The van der Waals surface area contributed by atoms with Crippen molar-refractivity contribution in [3.8, 4) is 0 Å². The summed E-state index contributed by atoms with van der Waals surface area (Å²) in [5, 5.41) is 37.7. The van der Waals surface area contributed by atoms with Crippen LogP contribution in [0.15, 0.2) is 0 Å². The molecule has 14 nitrogen and oxygen atoms in total. The van der Waals surface area contributed by atoms with E-state index in [0.29, 0.717) is 12.8 Å². The largest absolute Gasteiger partial charge is 0.481 e. The fourth-order valence-electron chi connectivity index (χ4n) is 4.94. The van der Waals surface area contributed by atoms with Crippen molar-refractivity contribution in [3.05, 3.63) is 0 Å². The number of nitrogens with one attached hydrogen (secondary N) is 4. The van der Waals surface area contributed by atoms with E-state index >= 15 is 0 Å². The Hall–Kier alpha value is -3.71. The molecule has 0 radical (unpaired) electrons. The summed E-state index contributed by atoms with van der Waals surface area (Å²) in [6.07, 6.45) is 3.03. The molecule has 2 rings (SSSR count). The van der Waals surface area contributed by atoms with Crippen LogP contribution in [0.1, 0.15) is 90.9 Å². The molecule has 3 atom stereocenters. The molecule has 41 heavy (non-hydrogen) atoms. The molecule has 0 aromatic carbocycles. The Bertz CT molecular complexity index is 1000. The van der Waals surface area contributed by atoms with Crippen molar-refractivity contribution in [2.24, 2.45) is 11.8 Å². The zero-order chi connectivity index (χ0) is 30.7. The van der Waals surface area contributed by atoms with E-state index in [1.165, 1.54) is 0 Å². The van der Waals surface area contributed by atoms with Crippen LogP contribution in [-0.2, 0) is 33.6 Å². The molecule has 2 aliphatic carbocycles. The number of carboxylic acids is 3. The number of amides is 4. The number of hydrogen-bond acceptors (Lipinski definition) is 7. The number of aliphatic carboxylic acids is 3. The molecular formula is C27H42N4O10. The Morgan fingerprint density at radius 3 is 1.83 bits per heavy atom. The third kappa shape index (κ3) is 11.0. The summed E-state index contributed by atoms with van der Waals surface area (Å²) in [6, 6.07) is -3.55. The molecule has 0 heterocycles. The Morgan fingerprint density at radius 2 is 1.32 bits per heavy atom. The van der Waals surface area contributed by atoms with Crippen molar-refractivity contribution in [1.82, 2.24) is 21.3 Å². The molecule has 2 saturated carbocycles. The molecule has 0 unspecified atom stereocenters. The number of carboxylic acid groups (broad SMARTS) is 3. The lowest BCUT2D eigenvalue weighted by Gasteiger charge is -2.31. The average molecular weight is 583 g/mol. The topological polar surface area (TPSA) is 228 Å². The van der Waals surface area contributed by atoms with E-state index in [1.54, 1.807) is 0 Å². The second kappa shape index (κ2) is 15.3. The highest BCUT2D eigenvalue weighted by Crippen LogP contribution is 2.35. The second-order valence-electron chi connectivity index (χ2n) is 11.4. The molecular weight excluding hydrogens is 540 g/mol. The molecule has 14 heteroatoms. The molecule has 7 N–H and O–H groups in total. The SMILES string of the molecule is CC(C)C[C@H](NC(=O)[C@H](CCC(=O)O)NC(=O)[C@@H](NC(=O)CCC(=O)O)C1CCCCC1)C(=O)NC1(C(=O)O)CC1. The van der Waals surface area contributed by atoms with Gasteiger partial charge in [-0.05, 0) is 50.4 Å². The Balaban J connectivity index is 2.20. The van der Waals surface area contributed by atoms with Gasteiger partial charge < -0.3 is 36.6 Å². The van der Waals surface area contributed by atoms with Crippen molar-refractivity contribution in [3.63, 3.8) is 0 Å². The highest BCUT2D eigenvalue weighted by molar-refractivity contribution is 5.96. The Morgan fingerprint density at radius 1 is 0.732 bits per heavy atom. The van der Waals surface area contributed by atoms with Gasteiger partial charge >= 0.3 is 17.9 Å². The molecule has 0 spiro atoms. The molecule has 0 saturated heterocycles. The molecule has 4 amide bonds. The molecule has 2 aliphatic rings. The zero-order valence-corrected chi connectivity index (χ0v) is 23.6. The van der Waals surface area contributed by atoms with Gasteiger partial charge in [0.2, 0.25) is 23.6 Å². The molecule has 0 aromatic rings. The molecule has 230 valence electrons. The van der Waals surface area contributed by atoms with E-state index in [1.807, 2.05) is 13.8 Å². The summed E-state index contributed by atoms with van der Waals surface area (Å²) in [5.41, 5.74) is -1.37. The van der Waals surface area contributed by atoms with Crippen molar-refractivity contribution >= 4 is 41.5 Å². The van der Waals surface area contributed by atoms with Crippen LogP contribution in [0.2, 0.25) is 0 Å². The summed E-state index contributed by atoms with van der Waals surface area (Å²) < 4.78 is 0. The van der Waals surface area contributed by atoms with Crippen molar-refractivity contribution < 1.29 is 48.9 Å². The summed E-state index contributed by atoms with van der Waals surface area (Å²) in [7, 11) is 0. The first-order valence-corrected chi connectivity index (χ1v) is 14.1. The normalized spacial score (nSPS) is 18.3. The highest BCUT2D eigenvalue weighted by atomic mass is 16.4. The molecule has 0 bridgehead atoms. The minimum Gasteiger partial charge on any atom is -0.481 e. The summed E-state index contributed by atoms with van der Waals surface area (Å²) in [6.45, 7) is 3.62. The first kappa shape index (κ1) is 33.5. The van der Waals surface area contributed by atoms with Gasteiger partial charge in [-0.2, -0.15) is 0 Å². The monoisotopic (exact) mass is 582 g/mol. The molecule has 0 aromatic heterocycles. The first-order valence-electron chi connectivity index (χ1n) is 14.1. The third-order valence-electron chi connectivity index (χ3n) is 7.43. The van der Waals surface area contributed by atoms with Gasteiger partial charge in [0.05, 0.1) is 6.42 Å². The quantitative estimate of drug-likeness (QED) is 0.126. The van der Waals surface area contributed by atoms with Crippen LogP contribution in [0.5, 0.6) is 0 Å². The van der Waals surface area contributed by atoms with Gasteiger partial charge in [0.15, 0.2) is 0 Å². The maximum Gasteiger partial charge on any atom is 0.329 e. The van der Waals surface area contributed by atoms with Crippen LogP contribution in [0, 0.1) is 11.8 Å². The second-order valence-corrected chi connectivity index (χ2v) is 11.4. The predicted molar refractivity (Wildman–Crippen MR) is 143 cm³/mol. The minimum absolute atomic E-state index is 0.0743. The fourth-order valence-corrected chi connectivity index (χ4v) is 4.94. The number of rotatable bonds is 17. The van der Waals surface area contributed by atoms with Gasteiger partial charge in [0, 0.05) is 12.8 Å². The maximum absolute atomic E-state index is 13.4. The summed E-state index contributed by atoms with van der Waals surface area (Å²) >= 11 is 0. The molecule has 2 fully saturated rings. The van der Waals surface area contributed by atoms with Crippen LogP contribution >= 0.6 is 0 Å². The predicted octanol–water partition coefficient (Wildman–Crippen LogP) is 0.530. The van der Waals surface area contributed by atoms with Gasteiger partial charge in [-0.1, -0.05) is 33.1 Å². The van der Waals surface area contributed by atoms with E-state index in [0.717, 1.165) is 19.3 Å². The van der Waals surface area contributed by atoms with E-state index in [4.69, 9.17) is 5.11 Å².